The van der Waals surface area contributed by atoms with Crippen LogP contribution in [-0.2, 0) is 11.3 Å². The van der Waals surface area contributed by atoms with Crippen LogP contribution < -0.4 is 0 Å². The monoisotopic (exact) mass is 293 g/mol. The van der Waals surface area contributed by atoms with Crippen LogP contribution in [0.25, 0.3) is 0 Å². The summed E-state index contributed by atoms with van der Waals surface area (Å²) in [6.07, 6.45) is 5.22. The standard InChI is InChI=1S/C15H23N3OS/c1-15-7-3-4-8-18(9-12-10-20-11-16-12)13(15)5-6-14(19)17(15)2/h10-11,13H,3-9H2,1-2H3/t13-,15-/m0/s1. The second kappa shape index (κ2) is 5.45. The summed E-state index contributed by atoms with van der Waals surface area (Å²) < 4.78 is 0. The van der Waals surface area contributed by atoms with Crippen LogP contribution in [0.3, 0.4) is 0 Å². The molecule has 2 fully saturated rings. The van der Waals surface area contributed by atoms with Gasteiger partial charge in [-0.05, 0) is 39.2 Å². The van der Waals surface area contributed by atoms with E-state index in [1.165, 1.54) is 18.5 Å². The highest BCUT2D eigenvalue weighted by Crippen LogP contribution is 2.38. The number of nitrogens with zero attached hydrogens (tertiary/aromatic N) is 3. The molecule has 1 amide bonds. The zero-order valence-electron chi connectivity index (χ0n) is 12.3. The van der Waals surface area contributed by atoms with Crippen LogP contribution in [-0.4, -0.2) is 45.9 Å². The van der Waals surface area contributed by atoms with Crippen LogP contribution in [0.4, 0.5) is 0 Å². The van der Waals surface area contributed by atoms with Crippen LogP contribution in [0.5, 0.6) is 0 Å². The molecule has 0 aromatic carbocycles. The molecule has 2 saturated heterocycles. The van der Waals surface area contributed by atoms with Gasteiger partial charge in [0.2, 0.25) is 5.91 Å². The average Bonchev–Trinajstić information content (AvgIpc) is 2.87. The molecule has 3 heterocycles. The van der Waals surface area contributed by atoms with Crippen molar-refractivity contribution in [2.45, 2.75) is 57.2 Å². The van der Waals surface area contributed by atoms with Gasteiger partial charge in [-0.2, -0.15) is 0 Å². The molecular weight excluding hydrogens is 270 g/mol. The third kappa shape index (κ3) is 2.37. The predicted molar refractivity (Wildman–Crippen MR) is 80.6 cm³/mol. The van der Waals surface area contributed by atoms with E-state index in [0.29, 0.717) is 18.4 Å². The molecule has 0 unspecified atom stereocenters. The number of rotatable bonds is 2. The minimum atomic E-state index is -0.0120. The molecule has 0 N–H and O–H groups in total. The molecule has 20 heavy (non-hydrogen) atoms. The van der Waals surface area contributed by atoms with Gasteiger partial charge in [0, 0.05) is 31.4 Å². The van der Waals surface area contributed by atoms with Gasteiger partial charge < -0.3 is 4.90 Å². The Kier molecular flexibility index (Phi) is 3.82. The average molecular weight is 293 g/mol. The first-order valence-corrected chi connectivity index (χ1v) is 8.43. The zero-order chi connectivity index (χ0) is 14.2. The fourth-order valence-corrected chi connectivity index (χ4v) is 4.37. The van der Waals surface area contributed by atoms with E-state index in [2.05, 4.69) is 22.2 Å². The van der Waals surface area contributed by atoms with E-state index in [1.807, 2.05) is 17.5 Å². The van der Waals surface area contributed by atoms with Gasteiger partial charge in [0.05, 0.1) is 16.7 Å². The molecule has 4 nitrogen and oxygen atoms in total. The number of amides is 1. The minimum Gasteiger partial charge on any atom is -0.339 e. The molecule has 1 aromatic rings. The lowest BCUT2D eigenvalue weighted by molar-refractivity contribution is -0.144. The number of hydrogen-bond donors (Lipinski definition) is 0. The largest absolute Gasteiger partial charge is 0.339 e. The van der Waals surface area contributed by atoms with E-state index in [9.17, 15) is 4.79 Å². The fourth-order valence-electron chi connectivity index (χ4n) is 3.82. The van der Waals surface area contributed by atoms with Gasteiger partial charge in [-0.15, -0.1) is 11.3 Å². The highest BCUT2D eigenvalue weighted by atomic mass is 32.1. The summed E-state index contributed by atoms with van der Waals surface area (Å²) >= 11 is 1.66. The summed E-state index contributed by atoms with van der Waals surface area (Å²) in [4.78, 5) is 21.1. The Hall–Kier alpha value is -0.940. The van der Waals surface area contributed by atoms with Crippen LogP contribution >= 0.6 is 11.3 Å². The van der Waals surface area contributed by atoms with E-state index in [0.717, 1.165) is 25.9 Å². The quantitative estimate of drug-likeness (QED) is 0.840. The van der Waals surface area contributed by atoms with Crippen molar-refractivity contribution in [3.05, 3.63) is 16.6 Å². The van der Waals surface area contributed by atoms with Crippen LogP contribution in [0, 0.1) is 0 Å². The van der Waals surface area contributed by atoms with E-state index in [1.54, 1.807) is 11.3 Å². The molecule has 1 aromatic heterocycles. The highest BCUT2D eigenvalue weighted by molar-refractivity contribution is 7.07. The Morgan fingerprint density at radius 1 is 1.50 bits per heavy atom. The first kappa shape index (κ1) is 14.0. The molecule has 3 rings (SSSR count). The summed E-state index contributed by atoms with van der Waals surface area (Å²) in [6, 6.07) is 0.467. The lowest BCUT2D eigenvalue weighted by Crippen LogP contribution is -2.63. The molecule has 0 bridgehead atoms. The molecule has 5 heteroatoms. The number of likely N-dealkylation sites (tertiary alicyclic amines) is 2. The minimum absolute atomic E-state index is 0.0120. The zero-order valence-corrected chi connectivity index (χ0v) is 13.2. The number of carbonyl (C=O) groups is 1. The Morgan fingerprint density at radius 3 is 3.10 bits per heavy atom. The van der Waals surface area contributed by atoms with Gasteiger partial charge >= 0.3 is 0 Å². The van der Waals surface area contributed by atoms with Gasteiger partial charge in [0.15, 0.2) is 0 Å². The first-order chi connectivity index (χ1) is 9.61. The van der Waals surface area contributed by atoms with Crippen molar-refractivity contribution in [2.24, 2.45) is 0 Å². The molecule has 0 saturated carbocycles. The third-order valence-electron chi connectivity index (χ3n) is 5.16. The van der Waals surface area contributed by atoms with Crippen LogP contribution in [0.2, 0.25) is 0 Å². The van der Waals surface area contributed by atoms with Crippen molar-refractivity contribution in [1.82, 2.24) is 14.8 Å². The topological polar surface area (TPSA) is 36.4 Å². The highest BCUT2D eigenvalue weighted by Gasteiger charge is 2.47. The van der Waals surface area contributed by atoms with Crippen molar-refractivity contribution in [3.8, 4) is 0 Å². The lowest BCUT2D eigenvalue weighted by Gasteiger charge is -2.51. The third-order valence-corrected chi connectivity index (χ3v) is 5.79. The summed E-state index contributed by atoms with van der Waals surface area (Å²) in [5.74, 6) is 0.305. The Bertz CT molecular complexity index is 475. The summed E-state index contributed by atoms with van der Waals surface area (Å²) in [7, 11) is 1.99. The van der Waals surface area contributed by atoms with Crippen molar-refractivity contribution in [3.63, 3.8) is 0 Å². The Morgan fingerprint density at radius 2 is 2.35 bits per heavy atom. The Balaban J connectivity index is 1.85. The van der Waals surface area contributed by atoms with E-state index < -0.39 is 0 Å². The fraction of sp³-hybridized carbons (Fsp3) is 0.733. The van der Waals surface area contributed by atoms with Gasteiger partial charge in [-0.25, -0.2) is 4.98 Å². The SMILES string of the molecule is CN1C(=O)CC[C@@H]2N(Cc3cscn3)CCCC[C@@]21C. The number of aromatic nitrogens is 1. The molecular formula is C15H23N3OS. The predicted octanol–water partition coefficient (Wildman–Crippen LogP) is 2.51. The Labute approximate surface area is 124 Å². The van der Waals surface area contributed by atoms with E-state index in [-0.39, 0.29) is 5.54 Å². The van der Waals surface area contributed by atoms with Gasteiger partial charge in [0.1, 0.15) is 0 Å². The molecule has 0 radical (unpaired) electrons. The van der Waals surface area contributed by atoms with Crippen molar-refractivity contribution in [1.29, 1.82) is 0 Å². The summed E-state index contributed by atoms with van der Waals surface area (Å²) in [5, 5.41) is 2.14. The lowest BCUT2D eigenvalue weighted by atomic mass is 9.80. The molecule has 0 aliphatic carbocycles. The number of carbonyl (C=O) groups excluding carboxylic acids is 1. The molecule has 0 spiro atoms. The summed E-state index contributed by atoms with van der Waals surface area (Å²) in [6.45, 7) is 4.32. The maximum absolute atomic E-state index is 12.1. The first-order valence-electron chi connectivity index (χ1n) is 7.49. The molecule has 2 atom stereocenters. The van der Waals surface area contributed by atoms with Gasteiger partial charge in [-0.1, -0.05) is 0 Å². The van der Waals surface area contributed by atoms with E-state index >= 15 is 0 Å². The number of likely N-dealkylation sites (N-methyl/N-ethyl adjacent to an activating group) is 1. The van der Waals surface area contributed by atoms with Crippen LogP contribution in [0.1, 0.15) is 44.7 Å². The van der Waals surface area contributed by atoms with Gasteiger partial charge in [-0.3, -0.25) is 9.69 Å². The van der Waals surface area contributed by atoms with Crippen molar-refractivity contribution < 1.29 is 4.79 Å². The number of hydrogen-bond acceptors (Lipinski definition) is 4. The summed E-state index contributed by atoms with van der Waals surface area (Å²) in [5.41, 5.74) is 3.06. The second-order valence-electron chi connectivity index (χ2n) is 6.27. The smallest absolute Gasteiger partial charge is 0.222 e. The maximum Gasteiger partial charge on any atom is 0.222 e. The maximum atomic E-state index is 12.1. The van der Waals surface area contributed by atoms with Crippen LogP contribution in [0.15, 0.2) is 10.9 Å². The molecule has 110 valence electrons. The van der Waals surface area contributed by atoms with Crippen molar-refractivity contribution >= 4 is 17.2 Å². The number of piperidine rings is 1. The number of thiazole rings is 1. The second-order valence-corrected chi connectivity index (χ2v) is 6.99. The molecule has 2 aliphatic heterocycles. The normalized spacial score (nSPS) is 32.0. The van der Waals surface area contributed by atoms with Gasteiger partial charge in [0.25, 0.3) is 0 Å². The van der Waals surface area contributed by atoms with Crippen molar-refractivity contribution in [2.75, 3.05) is 13.6 Å². The number of fused-ring (bicyclic) bond motifs is 1. The van der Waals surface area contributed by atoms with E-state index in [4.69, 9.17) is 0 Å². The molecule has 2 aliphatic rings.